The third-order valence-electron chi connectivity index (χ3n) is 3.57. The van der Waals surface area contributed by atoms with Gasteiger partial charge >= 0.3 is 5.69 Å². The highest BCUT2D eigenvalue weighted by Crippen LogP contribution is 2.31. The summed E-state index contributed by atoms with van der Waals surface area (Å²) in [5, 5.41) is 7.53. The van der Waals surface area contributed by atoms with Crippen molar-refractivity contribution in [3.63, 3.8) is 0 Å². The summed E-state index contributed by atoms with van der Waals surface area (Å²) in [5.41, 5.74) is 1.13. The van der Waals surface area contributed by atoms with E-state index in [0.717, 1.165) is 19.5 Å². The summed E-state index contributed by atoms with van der Waals surface area (Å²) in [6, 6.07) is 10.4. The predicted octanol–water partition coefficient (Wildman–Crippen LogP) is 1.31. The van der Waals surface area contributed by atoms with Crippen molar-refractivity contribution in [3.05, 3.63) is 52.7 Å². The van der Waals surface area contributed by atoms with Crippen molar-refractivity contribution in [1.29, 1.82) is 0 Å². The minimum Gasteiger partial charge on any atom is -0.316 e. The summed E-state index contributed by atoms with van der Waals surface area (Å²) in [5.74, 6) is 0.293. The molecule has 1 fully saturated rings. The Labute approximate surface area is 117 Å². The van der Waals surface area contributed by atoms with Crippen molar-refractivity contribution >= 4 is 12.4 Å². The lowest BCUT2D eigenvalue weighted by atomic mass is 9.87. The maximum atomic E-state index is 11.7. The molecule has 0 spiro atoms. The smallest absolute Gasteiger partial charge is 0.316 e. The number of piperidine rings is 1. The zero-order valence-corrected chi connectivity index (χ0v) is 11.3. The fourth-order valence-electron chi connectivity index (χ4n) is 2.68. The number of hydrogen-bond donors (Lipinski definition) is 2. The van der Waals surface area contributed by atoms with Crippen LogP contribution in [0.4, 0.5) is 0 Å². The Bertz CT molecular complexity index is 565. The molecule has 5 nitrogen and oxygen atoms in total. The Morgan fingerprint density at radius 3 is 2.74 bits per heavy atom. The first-order valence-electron chi connectivity index (χ1n) is 6.24. The highest BCUT2D eigenvalue weighted by molar-refractivity contribution is 5.85. The molecule has 2 N–H and O–H groups in total. The van der Waals surface area contributed by atoms with E-state index in [0.29, 0.717) is 5.92 Å². The molecule has 2 unspecified atom stereocenters. The number of rotatable bonds is 2. The molecule has 0 amide bonds. The number of benzene rings is 1. The average molecular weight is 281 g/mol. The van der Waals surface area contributed by atoms with Gasteiger partial charge in [-0.1, -0.05) is 30.3 Å². The van der Waals surface area contributed by atoms with E-state index in [4.69, 9.17) is 0 Å². The van der Waals surface area contributed by atoms with Crippen LogP contribution in [0, 0.1) is 0 Å². The molecule has 0 radical (unpaired) electrons. The maximum absolute atomic E-state index is 11.7. The first-order chi connectivity index (χ1) is 8.86. The molecule has 2 heterocycles. The quantitative estimate of drug-likeness (QED) is 0.872. The number of aromatic nitrogens is 3. The molecule has 6 heteroatoms. The number of halogens is 1. The van der Waals surface area contributed by atoms with Gasteiger partial charge in [-0.15, -0.1) is 12.4 Å². The SMILES string of the molecule is Cl.O=c1[nH]cnn1C1CCNCC1c1ccccc1. The van der Waals surface area contributed by atoms with Gasteiger partial charge in [-0.2, -0.15) is 5.10 Å². The van der Waals surface area contributed by atoms with Gasteiger partial charge in [0.1, 0.15) is 6.33 Å². The lowest BCUT2D eigenvalue weighted by Gasteiger charge is -2.31. The van der Waals surface area contributed by atoms with Gasteiger partial charge in [-0.25, -0.2) is 9.48 Å². The van der Waals surface area contributed by atoms with Crippen molar-refractivity contribution in [2.45, 2.75) is 18.4 Å². The minimum atomic E-state index is -0.122. The van der Waals surface area contributed by atoms with Crippen molar-refractivity contribution in [2.75, 3.05) is 13.1 Å². The molecule has 19 heavy (non-hydrogen) atoms. The third-order valence-corrected chi connectivity index (χ3v) is 3.57. The lowest BCUT2D eigenvalue weighted by Crippen LogP contribution is -2.39. The molecule has 1 aliphatic heterocycles. The second-order valence-electron chi connectivity index (χ2n) is 4.62. The Morgan fingerprint density at radius 1 is 1.26 bits per heavy atom. The van der Waals surface area contributed by atoms with E-state index in [1.165, 1.54) is 11.9 Å². The summed E-state index contributed by atoms with van der Waals surface area (Å²) in [6.07, 6.45) is 2.39. The fraction of sp³-hybridized carbons (Fsp3) is 0.385. The van der Waals surface area contributed by atoms with Crippen molar-refractivity contribution in [3.8, 4) is 0 Å². The van der Waals surface area contributed by atoms with Crippen molar-refractivity contribution in [1.82, 2.24) is 20.1 Å². The van der Waals surface area contributed by atoms with Crippen LogP contribution < -0.4 is 11.0 Å². The summed E-state index contributed by atoms with van der Waals surface area (Å²) in [4.78, 5) is 14.3. The molecule has 3 rings (SSSR count). The van der Waals surface area contributed by atoms with Crippen molar-refractivity contribution < 1.29 is 0 Å². The van der Waals surface area contributed by atoms with Gasteiger partial charge in [-0.05, 0) is 18.5 Å². The van der Waals surface area contributed by atoms with Crippen LogP contribution in [-0.2, 0) is 0 Å². The van der Waals surface area contributed by atoms with Crippen LogP contribution in [0.1, 0.15) is 23.9 Å². The summed E-state index contributed by atoms with van der Waals surface area (Å²) in [6.45, 7) is 1.81. The third kappa shape index (κ3) is 2.72. The largest absolute Gasteiger partial charge is 0.343 e. The molecule has 0 saturated carbocycles. The molecule has 1 saturated heterocycles. The zero-order valence-electron chi connectivity index (χ0n) is 10.5. The monoisotopic (exact) mass is 280 g/mol. The number of aromatic amines is 1. The maximum Gasteiger partial charge on any atom is 0.343 e. The van der Waals surface area contributed by atoms with Gasteiger partial charge in [0.05, 0.1) is 6.04 Å². The van der Waals surface area contributed by atoms with E-state index < -0.39 is 0 Å². The molecule has 2 aromatic rings. The van der Waals surface area contributed by atoms with Gasteiger partial charge in [0.15, 0.2) is 0 Å². The van der Waals surface area contributed by atoms with E-state index in [1.54, 1.807) is 4.68 Å². The molecule has 1 aromatic heterocycles. The molecule has 0 aliphatic carbocycles. The van der Waals surface area contributed by atoms with E-state index in [1.807, 2.05) is 18.2 Å². The predicted molar refractivity (Wildman–Crippen MR) is 75.8 cm³/mol. The lowest BCUT2D eigenvalue weighted by molar-refractivity contribution is 0.293. The topological polar surface area (TPSA) is 62.7 Å². The van der Waals surface area contributed by atoms with Gasteiger partial charge in [-0.3, -0.25) is 4.98 Å². The van der Waals surface area contributed by atoms with Crippen LogP contribution in [0.25, 0.3) is 0 Å². The van der Waals surface area contributed by atoms with Crippen LogP contribution >= 0.6 is 12.4 Å². The minimum absolute atomic E-state index is 0. The van der Waals surface area contributed by atoms with Crippen LogP contribution in [0.3, 0.4) is 0 Å². The summed E-state index contributed by atoms with van der Waals surface area (Å²) in [7, 11) is 0. The highest BCUT2D eigenvalue weighted by atomic mass is 35.5. The molecule has 1 aliphatic rings. The molecule has 1 aromatic carbocycles. The Balaban J connectivity index is 0.00000133. The standard InChI is InChI=1S/C13H16N4O.ClH/c18-13-15-9-16-17(13)12-6-7-14-8-11(12)10-4-2-1-3-5-10;/h1-5,9,11-12,14H,6-8H2,(H,15,16,18);1H. The average Bonchev–Trinajstić information content (AvgIpc) is 2.86. The van der Waals surface area contributed by atoms with E-state index in [2.05, 4.69) is 27.5 Å². The van der Waals surface area contributed by atoms with Gasteiger partial charge in [0, 0.05) is 12.5 Å². The molecule has 0 bridgehead atoms. The van der Waals surface area contributed by atoms with E-state index in [-0.39, 0.29) is 24.1 Å². The normalized spacial score (nSPS) is 22.7. The Hall–Kier alpha value is -1.59. The van der Waals surface area contributed by atoms with Gasteiger partial charge in [0.2, 0.25) is 0 Å². The van der Waals surface area contributed by atoms with Crippen molar-refractivity contribution in [2.24, 2.45) is 0 Å². The molecule has 2 atom stereocenters. The van der Waals surface area contributed by atoms with Crippen LogP contribution in [0.2, 0.25) is 0 Å². The highest BCUT2D eigenvalue weighted by Gasteiger charge is 2.29. The Kier molecular flexibility index (Phi) is 4.39. The van der Waals surface area contributed by atoms with Gasteiger partial charge < -0.3 is 5.32 Å². The number of H-pyrrole nitrogens is 1. The number of nitrogens with one attached hydrogen (secondary N) is 2. The zero-order chi connectivity index (χ0) is 12.4. The molecular formula is C13H17ClN4O. The first-order valence-corrected chi connectivity index (χ1v) is 6.24. The molecule has 102 valence electrons. The summed E-state index contributed by atoms with van der Waals surface area (Å²) < 4.78 is 1.58. The number of nitrogens with zero attached hydrogens (tertiary/aromatic N) is 2. The van der Waals surface area contributed by atoms with Crippen LogP contribution in [0.15, 0.2) is 41.5 Å². The van der Waals surface area contributed by atoms with Gasteiger partial charge in [0.25, 0.3) is 0 Å². The number of hydrogen-bond acceptors (Lipinski definition) is 3. The summed E-state index contributed by atoms with van der Waals surface area (Å²) >= 11 is 0. The fourth-order valence-corrected chi connectivity index (χ4v) is 2.68. The van der Waals surface area contributed by atoms with Crippen LogP contribution in [-0.4, -0.2) is 27.9 Å². The molecular weight excluding hydrogens is 264 g/mol. The van der Waals surface area contributed by atoms with E-state index in [9.17, 15) is 4.79 Å². The Morgan fingerprint density at radius 2 is 2.05 bits per heavy atom. The van der Waals surface area contributed by atoms with E-state index >= 15 is 0 Å². The second kappa shape index (κ2) is 6.04. The second-order valence-corrected chi connectivity index (χ2v) is 4.62. The first kappa shape index (κ1) is 13.8. The van der Waals surface area contributed by atoms with Crippen LogP contribution in [0.5, 0.6) is 0 Å².